The Morgan fingerprint density at radius 2 is 1.88 bits per heavy atom. The maximum absolute atomic E-state index is 12.8. The Kier molecular flexibility index (Phi) is 5.91. The van der Waals surface area contributed by atoms with Crippen molar-refractivity contribution in [2.45, 2.75) is 31.3 Å². The first-order valence-electron chi connectivity index (χ1n) is 9.12. The van der Waals surface area contributed by atoms with Crippen LogP contribution in [0.4, 0.5) is 5.69 Å². The number of hydrogen-bond donors (Lipinski definition) is 2. The molecule has 0 saturated carbocycles. The van der Waals surface area contributed by atoms with Gasteiger partial charge in [-0.1, -0.05) is 37.3 Å². The summed E-state index contributed by atoms with van der Waals surface area (Å²) in [5.41, 5.74) is 8.41. The molecule has 2 aromatic carbocycles. The zero-order valence-electron chi connectivity index (χ0n) is 15.4. The number of likely N-dealkylation sites (tertiary alicyclic amines) is 1. The van der Waals surface area contributed by atoms with Crippen LogP contribution in [-0.2, 0) is 4.79 Å². The monoisotopic (exact) mass is 353 g/mol. The number of benzene rings is 2. The minimum Gasteiger partial charge on any atom is -0.497 e. The zero-order chi connectivity index (χ0) is 18.5. The van der Waals surface area contributed by atoms with E-state index in [-0.39, 0.29) is 23.9 Å². The first-order valence-corrected chi connectivity index (χ1v) is 9.12. The van der Waals surface area contributed by atoms with E-state index >= 15 is 0 Å². The van der Waals surface area contributed by atoms with Gasteiger partial charge in [-0.2, -0.15) is 0 Å². The number of amides is 1. The third-order valence-corrected chi connectivity index (χ3v) is 5.11. The number of ether oxygens (including phenoxy) is 1. The first-order chi connectivity index (χ1) is 12.6. The molecule has 1 aliphatic heterocycles. The van der Waals surface area contributed by atoms with E-state index in [1.807, 2.05) is 49.4 Å². The molecule has 0 spiro atoms. The van der Waals surface area contributed by atoms with E-state index in [0.29, 0.717) is 0 Å². The van der Waals surface area contributed by atoms with E-state index in [9.17, 15) is 4.79 Å². The van der Waals surface area contributed by atoms with Gasteiger partial charge < -0.3 is 15.8 Å². The molecular formula is C21H27N3O2. The number of nitrogens with one attached hydrogen (secondary N) is 1. The quantitative estimate of drug-likeness (QED) is 0.838. The standard InChI is InChI=1S/C21H27N3O2/c1-3-20(21(25)23-16-9-11-17(26-2)12-10-16)24-13-18(19(22)14-24)15-7-5-4-6-8-15/h4-12,18-20H,3,13-14,22H2,1-2H3,(H,23,25)/t18-,19+,20?/m0/s1. The van der Waals surface area contributed by atoms with Gasteiger partial charge in [-0.3, -0.25) is 9.69 Å². The van der Waals surface area contributed by atoms with Crippen molar-refractivity contribution in [2.24, 2.45) is 5.73 Å². The molecular weight excluding hydrogens is 326 g/mol. The summed E-state index contributed by atoms with van der Waals surface area (Å²) in [4.78, 5) is 15.0. The second-order valence-electron chi connectivity index (χ2n) is 6.78. The lowest BCUT2D eigenvalue weighted by Crippen LogP contribution is -2.43. The van der Waals surface area contributed by atoms with Crippen molar-refractivity contribution in [3.63, 3.8) is 0 Å². The van der Waals surface area contributed by atoms with E-state index in [4.69, 9.17) is 10.5 Å². The summed E-state index contributed by atoms with van der Waals surface area (Å²) in [6.07, 6.45) is 0.746. The van der Waals surface area contributed by atoms with Crippen LogP contribution >= 0.6 is 0 Å². The average Bonchev–Trinajstić information content (AvgIpc) is 3.05. The van der Waals surface area contributed by atoms with Crippen molar-refractivity contribution in [2.75, 3.05) is 25.5 Å². The number of carbonyl (C=O) groups is 1. The molecule has 1 unspecified atom stereocenters. The molecule has 138 valence electrons. The number of rotatable bonds is 6. The second kappa shape index (κ2) is 8.34. The lowest BCUT2D eigenvalue weighted by Gasteiger charge is -2.26. The fraction of sp³-hybridized carbons (Fsp3) is 0.381. The van der Waals surface area contributed by atoms with Gasteiger partial charge in [0.25, 0.3) is 0 Å². The average molecular weight is 353 g/mol. The van der Waals surface area contributed by atoms with Crippen LogP contribution in [-0.4, -0.2) is 43.1 Å². The second-order valence-corrected chi connectivity index (χ2v) is 6.78. The zero-order valence-corrected chi connectivity index (χ0v) is 15.4. The smallest absolute Gasteiger partial charge is 0.241 e. The van der Waals surface area contributed by atoms with Crippen LogP contribution < -0.4 is 15.8 Å². The van der Waals surface area contributed by atoms with Crippen molar-refractivity contribution in [3.05, 3.63) is 60.2 Å². The van der Waals surface area contributed by atoms with Gasteiger partial charge in [0.05, 0.1) is 13.2 Å². The van der Waals surface area contributed by atoms with Gasteiger partial charge >= 0.3 is 0 Å². The topological polar surface area (TPSA) is 67.6 Å². The lowest BCUT2D eigenvalue weighted by molar-refractivity contribution is -0.121. The number of hydrogen-bond acceptors (Lipinski definition) is 4. The summed E-state index contributed by atoms with van der Waals surface area (Å²) < 4.78 is 5.15. The summed E-state index contributed by atoms with van der Waals surface area (Å²) in [6.45, 7) is 3.58. The van der Waals surface area contributed by atoms with Crippen LogP contribution in [0.5, 0.6) is 5.75 Å². The van der Waals surface area contributed by atoms with E-state index < -0.39 is 0 Å². The molecule has 1 fully saturated rings. The Morgan fingerprint density at radius 3 is 2.50 bits per heavy atom. The van der Waals surface area contributed by atoms with Crippen LogP contribution in [0.1, 0.15) is 24.8 Å². The molecule has 2 aromatic rings. The van der Waals surface area contributed by atoms with Crippen molar-refractivity contribution in [1.82, 2.24) is 4.90 Å². The van der Waals surface area contributed by atoms with Crippen molar-refractivity contribution >= 4 is 11.6 Å². The Labute approximate surface area is 155 Å². The predicted octanol–water partition coefficient (Wildman–Crippen LogP) is 2.84. The normalized spacial score (nSPS) is 21.3. The van der Waals surface area contributed by atoms with Crippen molar-refractivity contribution in [1.29, 1.82) is 0 Å². The van der Waals surface area contributed by atoms with Crippen LogP contribution in [0.15, 0.2) is 54.6 Å². The maximum atomic E-state index is 12.8. The van der Waals surface area contributed by atoms with E-state index in [1.54, 1.807) is 7.11 Å². The molecule has 1 amide bonds. The Bertz CT molecular complexity index is 718. The fourth-order valence-corrected chi connectivity index (χ4v) is 3.68. The minimum absolute atomic E-state index is 0.0126. The highest BCUT2D eigenvalue weighted by molar-refractivity contribution is 5.94. The van der Waals surface area contributed by atoms with Gasteiger partial charge in [0.2, 0.25) is 5.91 Å². The number of nitrogens with zero attached hydrogens (tertiary/aromatic N) is 1. The van der Waals surface area contributed by atoms with E-state index in [2.05, 4.69) is 22.3 Å². The third kappa shape index (κ3) is 4.06. The molecule has 0 aromatic heterocycles. The minimum atomic E-state index is -0.183. The van der Waals surface area contributed by atoms with Gasteiger partial charge in [0.1, 0.15) is 5.75 Å². The molecule has 5 heteroatoms. The molecule has 5 nitrogen and oxygen atoms in total. The first kappa shape index (κ1) is 18.4. The summed E-state index contributed by atoms with van der Waals surface area (Å²) in [5, 5.41) is 3.01. The van der Waals surface area contributed by atoms with Crippen LogP contribution in [0.2, 0.25) is 0 Å². The lowest BCUT2D eigenvalue weighted by atomic mass is 9.95. The third-order valence-electron chi connectivity index (χ3n) is 5.11. The molecule has 3 rings (SSSR count). The molecule has 0 bridgehead atoms. The predicted molar refractivity (Wildman–Crippen MR) is 104 cm³/mol. The van der Waals surface area contributed by atoms with Gasteiger partial charge in [-0.25, -0.2) is 0 Å². The van der Waals surface area contributed by atoms with E-state index in [1.165, 1.54) is 5.56 Å². The molecule has 0 aliphatic carbocycles. The molecule has 1 heterocycles. The van der Waals surface area contributed by atoms with Crippen molar-refractivity contribution in [3.8, 4) is 5.75 Å². The Hall–Kier alpha value is -2.37. The molecule has 3 N–H and O–H groups in total. The highest BCUT2D eigenvalue weighted by atomic mass is 16.5. The summed E-state index contributed by atoms with van der Waals surface area (Å²) in [7, 11) is 1.63. The number of nitrogens with two attached hydrogens (primary N) is 1. The number of methoxy groups -OCH3 is 1. The Balaban J connectivity index is 1.67. The number of anilines is 1. The molecule has 1 aliphatic rings. The largest absolute Gasteiger partial charge is 0.497 e. The highest BCUT2D eigenvalue weighted by Crippen LogP contribution is 2.28. The Morgan fingerprint density at radius 1 is 1.19 bits per heavy atom. The van der Waals surface area contributed by atoms with Crippen LogP contribution in [0, 0.1) is 0 Å². The molecule has 26 heavy (non-hydrogen) atoms. The SMILES string of the molecule is CCC(C(=O)Nc1ccc(OC)cc1)N1C[C@@H](N)[C@H](c2ccccc2)C1. The highest BCUT2D eigenvalue weighted by Gasteiger charge is 2.36. The maximum Gasteiger partial charge on any atom is 0.241 e. The van der Waals surface area contributed by atoms with Gasteiger partial charge in [-0.15, -0.1) is 0 Å². The molecule has 0 radical (unpaired) electrons. The van der Waals surface area contributed by atoms with Crippen LogP contribution in [0.3, 0.4) is 0 Å². The van der Waals surface area contributed by atoms with Gasteiger partial charge in [0, 0.05) is 30.7 Å². The van der Waals surface area contributed by atoms with Crippen LogP contribution in [0.25, 0.3) is 0 Å². The molecule has 3 atom stereocenters. The van der Waals surface area contributed by atoms with Crippen molar-refractivity contribution < 1.29 is 9.53 Å². The summed E-state index contributed by atoms with van der Waals surface area (Å²) in [5.74, 6) is 1.05. The summed E-state index contributed by atoms with van der Waals surface area (Å²) >= 11 is 0. The fourth-order valence-electron chi connectivity index (χ4n) is 3.68. The summed E-state index contributed by atoms with van der Waals surface area (Å²) in [6, 6.07) is 17.6. The number of carbonyl (C=O) groups excluding carboxylic acids is 1. The van der Waals surface area contributed by atoms with Gasteiger partial charge in [0.15, 0.2) is 0 Å². The van der Waals surface area contributed by atoms with Gasteiger partial charge in [-0.05, 0) is 36.2 Å². The molecule has 1 saturated heterocycles. The van der Waals surface area contributed by atoms with E-state index in [0.717, 1.165) is 30.9 Å².